The van der Waals surface area contributed by atoms with Crippen molar-refractivity contribution in [3.8, 4) is 0 Å². The summed E-state index contributed by atoms with van der Waals surface area (Å²) in [5.41, 5.74) is 6.50. The standard InChI is InChI=1S/C24H28F3N3O5S/c1-2-14-29-20(31)13-12-18(11-10-17-7-4-3-5-8-17)30-35-21(32)23(28,16-19-9-6-15-36-19)34-22(33)24(25,26)27/h3-9,12-13,15,18,30H,2,10-11,14,16,28H2,1H3,(H,29,31)/b13-12+/t18-,23-/m0/s1. The number of aryl methyl sites for hydroxylation is 1. The number of halogens is 3. The fourth-order valence-electron chi connectivity index (χ4n) is 2.93. The summed E-state index contributed by atoms with van der Waals surface area (Å²) in [6, 6.07) is 11.8. The molecule has 36 heavy (non-hydrogen) atoms. The van der Waals surface area contributed by atoms with Crippen molar-refractivity contribution in [3.05, 3.63) is 70.4 Å². The van der Waals surface area contributed by atoms with Crippen molar-refractivity contribution < 1.29 is 37.1 Å². The molecule has 0 unspecified atom stereocenters. The highest BCUT2D eigenvalue weighted by Crippen LogP contribution is 2.24. The largest absolute Gasteiger partial charge is 0.491 e. The molecule has 0 aliphatic carbocycles. The number of nitrogens with two attached hydrogens (primary N) is 1. The number of carbonyl (C=O) groups excluding carboxylic acids is 3. The van der Waals surface area contributed by atoms with Gasteiger partial charge in [-0.15, -0.1) is 16.8 Å². The molecule has 0 bridgehead atoms. The first-order chi connectivity index (χ1) is 17.0. The molecule has 2 rings (SSSR count). The summed E-state index contributed by atoms with van der Waals surface area (Å²) in [4.78, 5) is 41.6. The van der Waals surface area contributed by atoms with Crippen LogP contribution in [0.15, 0.2) is 60.0 Å². The average Bonchev–Trinajstić information content (AvgIpc) is 3.34. The Morgan fingerprint density at radius 1 is 1.11 bits per heavy atom. The van der Waals surface area contributed by atoms with Gasteiger partial charge in [-0.3, -0.25) is 10.5 Å². The van der Waals surface area contributed by atoms with Gasteiger partial charge in [0.1, 0.15) is 0 Å². The maximum atomic E-state index is 12.8. The van der Waals surface area contributed by atoms with Crippen LogP contribution in [0.4, 0.5) is 13.2 Å². The highest BCUT2D eigenvalue weighted by Gasteiger charge is 2.49. The van der Waals surface area contributed by atoms with E-state index in [0.717, 1.165) is 23.3 Å². The summed E-state index contributed by atoms with van der Waals surface area (Å²) in [5, 5.41) is 4.29. The lowest BCUT2D eigenvalue weighted by molar-refractivity contribution is -0.220. The molecule has 0 aliphatic rings. The molecule has 0 radical (unpaired) electrons. The van der Waals surface area contributed by atoms with Crippen LogP contribution >= 0.6 is 11.3 Å². The lowest BCUT2D eigenvalue weighted by Gasteiger charge is -2.27. The monoisotopic (exact) mass is 527 g/mol. The number of hydroxylamine groups is 1. The predicted octanol–water partition coefficient (Wildman–Crippen LogP) is 3.18. The van der Waals surface area contributed by atoms with Crippen molar-refractivity contribution in [1.82, 2.24) is 10.8 Å². The number of benzene rings is 1. The molecule has 12 heteroatoms. The first-order valence-electron chi connectivity index (χ1n) is 11.1. The quantitative estimate of drug-likeness (QED) is 0.158. The zero-order valence-electron chi connectivity index (χ0n) is 19.5. The number of carbonyl (C=O) groups is 3. The maximum Gasteiger partial charge on any atom is 0.491 e. The van der Waals surface area contributed by atoms with Gasteiger partial charge in [-0.25, -0.2) is 9.59 Å². The van der Waals surface area contributed by atoms with Gasteiger partial charge in [0.2, 0.25) is 5.91 Å². The van der Waals surface area contributed by atoms with Crippen LogP contribution in [-0.2, 0) is 36.8 Å². The second-order valence-corrected chi connectivity index (χ2v) is 8.85. The molecule has 2 atom stereocenters. The lowest BCUT2D eigenvalue weighted by Crippen LogP contribution is -2.57. The fraction of sp³-hybridized carbons (Fsp3) is 0.375. The Hall–Kier alpha value is -3.22. The van der Waals surface area contributed by atoms with Gasteiger partial charge in [0.05, 0.1) is 6.04 Å². The van der Waals surface area contributed by atoms with E-state index in [1.165, 1.54) is 18.2 Å². The van der Waals surface area contributed by atoms with E-state index in [0.29, 0.717) is 24.3 Å². The van der Waals surface area contributed by atoms with Crippen LogP contribution in [0, 0.1) is 0 Å². The molecular weight excluding hydrogens is 499 g/mol. The zero-order chi connectivity index (χ0) is 26.6. The molecule has 0 spiro atoms. The van der Waals surface area contributed by atoms with Gasteiger partial charge in [-0.05, 0) is 36.3 Å². The smallest absolute Gasteiger partial charge is 0.425 e. The molecule has 0 aliphatic heterocycles. The van der Waals surface area contributed by atoms with E-state index in [2.05, 4.69) is 15.5 Å². The van der Waals surface area contributed by atoms with E-state index in [-0.39, 0.29) is 5.91 Å². The molecule has 4 N–H and O–H groups in total. The second-order valence-electron chi connectivity index (χ2n) is 7.82. The van der Waals surface area contributed by atoms with E-state index in [1.54, 1.807) is 11.4 Å². The number of esters is 1. The van der Waals surface area contributed by atoms with Gasteiger partial charge in [-0.1, -0.05) is 49.4 Å². The summed E-state index contributed by atoms with van der Waals surface area (Å²) in [7, 11) is 0. The van der Waals surface area contributed by atoms with Crippen LogP contribution in [0.5, 0.6) is 0 Å². The zero-order valence-corrected chi connectivity index (χ0v) is 20.4. The van der Waals surface area contributed by atoms with Crippen molar-refractivity contribution in [3.63, 3.8) is 0 Å². The van der Waals surface area contributed by atoms with Crippen molar-refractivity contribution in [2.24, 2.45) is 5.73 Å². The van der Waals surface area contributed by atoms with E-state index >= 15 is 0 Å². The minimum Gasteiger partial charge on any atom is -0.425 e. The van der Waals surface area contributed by atoms with Crippen molar-refractivity contribution >= 4 is 29.2 Å². The summed E-state index contributed by atoms with van der Waals surface area (Å²) in [5.74, 6) is -4.41. The molecule has 8 nitrogen and oxygen atoms in total. The van der Waals surface area contributed by atoms with Crippen LogP contribution in [0.25, 0.3) is 0 Å². The van der Waals surface area contributed by atoms with Gasteiger partial charge in [0.25, 0.3) is 5.72 Å². The number of hydrogen-bond acceptors (Lipinski definition) is 8. The van der Waals surface area contributed by atoms with Crippen molar-refractivity contribution in [2.45, 2.75) is 50.6 Å². The molecule has 196 valence electrons. The molecule has 1 amide bonds. The Kier molecular flexibility index (Phi) is 11.1. The van der Waals surface area contributed by atoms with Gasteiger partial charge >= 0.3 is 18.1 Å². The highest BCUT2D eigenvalue weighted by atomic mass is 32.1. The number of rotatable bonds is 13. The Morgan fingerprint density at radius 3 is 2.44 bits per heavy atom. The maximum absolute atomic E-state index is 12.8. The van der Waals surface area contributed by atoms with Gasteiger partial charge in [0, 0.05) is 23.9 Å². The summed E-state index contributed by atoms with van der Waals surface area (Å²) < 4.78 is 42.8. The summed E-state index contributed by atoms with van der Waals surface area (Å²) in [6.07, 6.45) is -1.54. The molecule has 0 fully saturated rings. The molecule has 0 saturated carbocycles. The molecule has 0 saturated heterocycles. The van der Waals surface area contributed by atoms with Crippen LogP contribution in [0.1, 0.15) is 30.2 Å². The van der Waals surface area contributed by atoms with Crippen LogP contribution in [0.2, 0.25) is 0 Å². The van der Waals surface area contributed by atoms with Crippen LogP contribution < -0.4 is 16.5 Å². The SMILES string of the molecule is CCCNC(=O)/C=C/[C@H](CCc1ccccc1)NOC(=O)[C@](N)(Cc1cccs1)OC(=O)C(F)(F)F. The predicted molar refractivity (Wildman–Crippen MR) is 127 cm³/mol. The lowest BCUT2D eigenvalue weighted by atomic mass is 10.1. The average molecular weight is 528 g/mol. The topological polar surface area (TPSA) is 120 Å². The van der Waals surface area contributed by atoms with Crippen molar-refractivity contribution in [1.29, 1.82) is 0 Å². The number of thiophene rings is 1. The molecule has 1 heterocycles. The van der Waals surface area contributed by atoms with E-state index in [1.807, 2.05) is 37.3 Å². The first kappa shape index (κ1) is 29.0. The first-order valence-corrected chi connectivity index (χ1v) is 12.0. The van der Waals surface area contributed by atoms with E-state index in [4.69, 9.17) is 10.6 Å². The minimum absolute atomic E-state index is 0.361. The molecule has 1 aromatic heterocycles. The third-order valence-corrected chi connectivity index (χ3v) is 5.66. The Balaban J connectivity index is 2.14. The molecule has 2 aromatic rings. The minimum atomic E-state index is -5.36. The summed E-state index contributed by atoms with van der Waals surface area (Å²) in [6.45, 7) is 2.37. The van der Waals surface area contributed by atoms with Crippen LogP contribution in [-0.4, -0.2) is 42.3 Å². The number of amides is 1. The number of nitrogens with one attached hydrogen (secondary N) is 2. The molecule has 1 aromatic carbocycles. The third kappa shape index (κ3) is 9.80. The number of hydrogen-bond donors (Lipinski definition) is 3. The molecular formula is C24H28F3N3O5S. The fourth-order valence-corrected chi connectivity index (χ4v) is 3.72. The van der Waals surface area contributed by atoms with E-state index in [9.17, 15) is 27.6 Å². The van der Waals surface area contributed by atoms with Gasteiger partial charge < -0.3 is 14.9 Å². The number of alkyl halides is 3. The van der Waals surface area contributed by atoms with Crippen molar-refractivity contribution in [2.75, 3.05) is 6.54 Å². The van der Waals surface area contributed by atoms with Crippen LogP contribution in [0.3, 0.4) is 0 Å². The van der Waals surface area contributed by atoms with Gasteiger partial charge in [-0.2, -0.15) is 13.2 Å². The highest BCUT2D eigenvalue weighted by molar-refractivity contribution is 7.09. The Bertz CT molecular complexity index is 1020. The Labute approximate surface area is 210 Å². The summed E-state index contributed by atoms with van der Waals surface area (Å²) >= 11 is 1.11. The second kappa shape index (κ2) is 13.8. The Morgan fingerprint density at radius 2 is 1.83 bits per heavy atom. The van der Waals surface area contributed by atoms with Gasteiger partial charge in [0.15, 0.2) is 0 Å². The third-order valence-electron chi connectivity index (χ3n) is 4.79. The number of ether oxygens (including phenoxy) is 1. The normalized spacial score (nSPS) is 14.1. The van der Waals surface area contributed by atoms with E-state index < -0.39 is 36.3 Å².